The molecule has 1 fully saturated rings. The Labute approximate surface area is 117 Å². The van der Waals surface area contributed by atoms with Gasteiger partial charge in [-0.1, -0.05) is 6.92 Å². The van der Waals surface area contributed by atoms with E-state index in [1.807, 2.05) is 17.9 Å². The maximum absolute atomic E-state index is 4.41. The van der Waals surface area contributed by atoms with E-state index in [1.54, 1.807) is 0 Å². The van der Waals surface area contributed by atoms with E-state index in [0.717, 1.165) is 18.2 Å². The Morgan fingerprint density at radius 3 is 2.74 bits per heavy atom. The Balaban J connectivity index is 1.70. The van der Waals surface area contributed by atoms with Crippen molar-refractivity contribution in [3.8, 4) is 0 Å². The summed E-state index contributed by atoms with van der Waals surface area (Å²) in [4.78, 5) is 2.60. The zero-order valence-electron chi connectivity index (χ0n) is 12.6. The topological polar surface area (TPSA) is 33.1 Å². The second-order valence-corrected chi connectivity index (χ2v) is 5.83. The lowest BCUT2D eigenvalue weighted by atomic mass is 9.90. The minimum absolute atomic E-state index is 0.589. The van der Waals surface area contributed by atoms with Crippen LogP contribution >= 0.6 is 0 Å². The van der Waals surface area contributed by atoms with Gasteiger partial charge in [-0.15, -0.1) is 0 Å². The van der Waals surface area contributed by atoms with Crippen molar-refractivity contribution in [1.82, 2.24) is 20.0 Å². The first-order valence-corrected chi connectivity index (χ1v) is 7.63. The van der Waals surface area contributed by atoms with Gasteiger partial charge in [0.05, 0.1) is 5.69 Å². The molecule has 0 aliphatic carbocycles. The summed E-state index contributed by atoms with van der Waals surface area (Å²) < 4.78 is 1.87. The zero-order chi connectivity index (χ0) is 13.7. The van der Waals surface area contributed by atoms with Crippen LogP contribution in [0.2, 0.25) is 0 Å². The van der Waals surface area contributed by atoms with Crippen LogP contribution in [0.25, 0.3) is 0 Å². The fourth-order valence-electron chi connectivity index (χ4n) is 2.98. The first kappa shape index (κ1) is 14.5. The summed E-state index contributed by atoms with van der Waals surface area (Å²) in [6.45, 7) is 9.29. The molecular formula is C15H28N4. The molecule has 1 aliphatic rings. The van der Waals surface area contributed by atoms with E-state index in [9.17, 15) is 0 Å². The number of hydrogen-bond acceptors (Lipinski definition) is 3. The number of nitrogens with one attached hydrogen (secondary N) is 1. The number of piperidine rings is 1. The van der Waals surface area contributed by atoms with Gasteiger partial charge in [0.2, 0.25) is 0 Å². The van der Waals surface area contributed by atoms with Gasteiger partial charge in [-0.05, 0) is 57.8 Å². The Bertz CT molecular complexity index is 366. The van der Waals surface area contributed by atoms with Crippen LogP contribution in [-0.2, 0) is 13.6 Å². The summed E-state index contributed by atoms with van der Waals surface area (Å²) in [6.07, 6.45) is 5.94. The standard InChI is InChI=1S/C15H28N4/c1-4-8-19-10-5-14(6-11-19)13(2)16-12-15-7-9-18(3)17-15/h7,9,13-14,16H,4-6,8,10-12H2,1-3H3. The Kier molecular flexibility index (Phi) is 5.40. The van der Waals surface area contributed by atoms with Gasteiger partial charge in [-0.2, -0.15) is 5.10 Å². The normalized spacial score (nSPS) is 19.7. The van der Waals surface area contributed by atoms with Crippen LogP contribution in [0.15, 0.2) is 12.3 Å². The molecule has 4 nitrogen and oxygen atoms in total. The van der Waals surface area contributed by atoms with E-state index in [4.69, 9.17) is 0 Å². The van der Waals surface area contributed by atoms with Crippen molar-refractivity contribution in [1.29, 1.82) is 0 Å². The minimum atomic E-state index is 0.589. The highest BCUT2D eigenvalue weighted by molar-refractivity contribution is 4.98. The van der Waals surface area contributed by atoms with Crippen molar-refractivity contribution in [3.63, 3.8) is 0 Å². The van der Waals surface area contributed by atoms with Crippen molar-refractivity contribution in [3.05, 3.63) is 18.0 Å². The minimum Gasteiger partial charge on any atom is -0.308 e. The molecule has 1 aromatic heterocycles. The molecular weight excluding hydrogens is 236 g/mol. The summed E-state index contributed by atoms with van der Waals surface area (Å²) in [7, 11) is 1.97. The van der Waals surface area contributed by atoms with Crippen LogP contribution in [0.5, 0.6) is 0 Å². The molecule has 1 atom stereocenters. The Hall–Kier alpha value is -0.870. The largest absolute Gasteiger partial charge is 0.308 e. The van der Waals surface area contributed by atoms with Crippen molar-refractivity contribution in [2.75, 3.05) is 19.6 Å². The lowest BCUT2D eigenvalue weighted by molar-refractivity contribution is 0.162. The molecule has 0 bridgehead atoms. The van der Waals surface area contributed by atoms with Crippen LogP contribution in [0.3, 0.4) is 0 Å². The zero-order valence-corrected chi connectivity index (χ0v) is 12.6. The molecule has 19 heavy (non-hydrogen) atoms. The second kappa shape index (κ2) is 7.06. The monoisotopic (exact) mass is 264 g/mol. The molecule has 1 N–H and O–H groups in total. The van der Waals surface area contributed by atoms with Gasteiger partial charge >= 0.3 is 0 Å². The van der Waals surface area contributed by atoms with Crippen LogP contribution in [0.1, 0.15) is 38.8 Å². The van der Waals surface area contributed by atoms with E-state index in [1.165, 1.54) is 38.9 Å². The summed E-state index contributed by atoms with van der Waals surface area (Å²) in [6, 6.07) is 2.68. The van der Waals surface area contributed by atoms with E-state index in [0.29, 0.717) is 6.04 Å². The number of nitrogens with zero attached hydrogens (tertiary/aromatic N) is 3. The molecule has 1 aromatic rings. The van der Waals surface area contributed by atoms with E-state index >= 15 is 0 Å². The fourth-order valence-corrected chi connectivity index (χ4v) is 2.98. The first-order chi connectivity index (χ1) is 9.19. The third-order valence-corrected chi connectivity index (χ3v) is 4.25. The molecule has 4 heteroatoms. The number of aromatic nitrogens is 2. The maximum atomic E-state index is 4.41. The maximum Gasteiger partial charge on any atom is 0.0762 e. The molecule has 2 rings (SSSR count). The predicted octanol–water partition coefficient (Wildman–Crippen LogP) is 2.02. The number of hydrogen-bond donors (Lipinski definition) is 1. The molecule has 1 aliphatic heterocycles. The fraction of sp³-hybridized carbons (Fsp3) is 0.800. The van der Waals surface area contributed by atoms with Gasteiger partial charge in [0.1, 0.15) is 0 Å². The molecule has 1 saturated heterocycles. The molecule has 1 unspecified atom stereocenters. The highest BCUT2D eigenvalue weighted by Gasteiger charge is 2.23. The Morgan fingerprint density at radius 1 is 1.42 bits per heavy atom. The summed E-state index contributed by atoms with van der Waals surface area (Å²) in [5.74, 6) is 0.816. The molecule has 0 spiro atoms. The van der Waals surface area contributed by atoms with Crippen molar-refractivity contribution >= 4 is 0 Å². The summed E-state index contributed by atoms with van der Waals surface area (Å²) >= 11 is 0. The number of rotatable bonds is 6. The van der Waals surface area contributed by atoms with Gasteiger partial charge in [0.15, 0.2) is 0 Å². The second-order valence-electron chi connectivity index (χ2n) is 5.83. The van der Waals surface area contributed by atoms with Crippen LogP contribution < -0.4 is 5.32 Å². The van der Waals surface area contributed by atoms with E-state index in [2.05, 4.69) is 35.2 Å². The summed E-state index contributed by atoms with van der Waals surface area (Å²) in [5.41, 5.74) is 1.14. The predicted molar refractivity (Wildman–Crippen MR) is 79.0 cm³/mol. The van der Waals surface area contributed by atoms with Gasteiger partial charge in [-0.25, -0.2) is 0 Å². The van der Waals surface area contributed by atoms with Gasteiger partial charge < -0.3 is 10.2 Å². The number of likely N-dealkylation sites (tertiary alicyclic amines) is 1. The molecule has 0 radical (unpaired) electrons. The lowest BCUT2D eigenvalue weighted by Gasteiger charge is -2.35. The quantitative estimate of drug-likeness (QED) is 0.853. The van der Waals surface area contributed by atoms with Gasteiger partial charge in [0.25, 0.3) is 0 Å². The van der Waals surface area contributed by atoms with Crippen LogP contribution in [0, 0.1) is 5.92 Å². The van der Waals surface area contributed by atoms with Gasteiger partial charge in [0, 0.05) is 25.8 Å². The van der Waals surface area contributed by atoms with Crippen molar-refractivity contribution in [2.45, 2.75) is 45.7 Å². The number of aryl methyl sites for hydroxylation is 1. The summed E-state index contributed by atoms with van der Waals surface area (Å²) in [5, 5.41) is 8.04. The third-order valence-electron chi connectivity index (χ3n) is 4.25. The average molecular weight is 264 g/mol. The molecule has 0 saturated carbocycles. The molecule has 108 valence electrons. The van der Waals surface area contributed by atoms with Crippen molar-refractivity contribution < 1.29 is 0 Å². The van der Waals surface area contributed by atoms with Crippen LogP contribution in [-0.4, -0.2) is 40.4 Å². The average Bonchev–Trinajstić information content (AvgIpc) is 2.83. The molecule has 0 amide bonds. The third kappa shape index (κ3) is 4.32. The van der Waals surface area contributed by atoms with E-state index in [-0.39, 0.29) is 0 Å². The highest BCUT2D eigenvalue weighted by Crippen LogP contribution is 2.20. The molecule has 2 heterocycles. The SMILES string of the molecule is CCCN1CCC(C(C)NCc2ccn(C)n2)CC1. The first-order valence-electron chi connectivity index (χ1n) is 7.63. The molecule has 0 aromatic carbocycles. The Morgan fingerprint density at radius 2 is 2.16 bits per heavy atom. The smallest absolute Gasteiger partial charge is 0.0762 e. The van der Waals surface area contributed by atoms with Crippen molar-refractivity contribution in [2.24, 2.45) is 13.0 Å². The highest BCUT2D eigenvalue weighted by atomic mass is 15.3. The van der Waals surface area contributed by atoms with E-state index < -0.39 is 0 Å². The lowest BCUT2D eigenvalue weighted by Crippen LogP contribution is -2.42. The van der Waals surface area contributed by atoms with Crippen LogP contribution in [0.4, 0.5) is 0 Å². The van der Waals surface area contributed by atoms with Gasteiger partial charge in [-0.3, -0.25) is 4.68 Å².